The summed E-state index contributed by atoms with van der Waals surface area (Å²) in [4.78, 5) is 24.6. The van der Waals surface area contributed by atoms with Crippen LogP contribution in [0.15, 0.2) is 225 Å². The van der Waals surface area contributed by atoms with Crippen LogP contribution in [0, 0.1) is 0 Å². The minimum Gasteiger partial charge on any atom is -0.255 e. The van der Waals surface area contributed by atoms with E-state index in [9.17, 15) is 0 Å². The van der Waals surface area contributed by atoms with E-state index < -0.39 is 0 Å². The van der Waals surface area contributed by atoms with Crippen LogP contribution in [0.2, 0.25) is 0 Å². The summed E-state index contributed by atoms with van der Waals surface area (Å²) in [6.07, 6.45) is 3.72. The van der Waals surface area contributed by atoms with Gasteiger partial charge in [-0.05, 0) is 75.3 Å². The molecule has 0 aliphatic carbocycles. The molecule has 10 rings (SSSR count). The summed E-state index contributed by atoms with van der Waals surface area (Å²) in [5.41, 5.74) is 16.9. The predicted molar refractivity (Wildman–Crippen MR) is 244 cm³/mol. The van der Waals surface area contributed by atoms with Crippen molar-refractivity contribution in [3.8, 4) is 101 Å². The lowest BCUT2D eigenvalue weighted by molar-refractivity contribution is 1.18. The molecule has 0 bridgehead atoms. The summed E-state index contributed by atoms with van der Waals surface area (Å²) in [5, 5.41) is 0. The van der Waals surface area contributed by atoms with Crippen molar-refractivity contribution in [1.82, 2.24) is 24.9 Å². The van der Waals surface area contributed by atoms with Crippen molar-refractivity contribution >= 4 is 0 Å². The molecule has 0 unspecified atom stereocenters. The molecule has 0 aliphatic heterocycles. The Morgan fingerprint density at radius 1 is 0.217 bits per heavy atom. The van der Waals surface area contributed by atoms with Crippen LogP contribution in [0.5, 0.6) is 0 Å². The predicted octanol–water partition coefficient (Wildman–Crippen LogP) is 13.7. The summed E-state index contributed by atoms with van der Waals surface area (Å²) >= 11 is 0. The molecular weight excluding hydrogens is 731 g/mol. The summed E-state index contributed by atoms with van der Waals surface area (Å²) < 4.78 is 0. The fourth-order valence-corrected chi connectivity index (χ4v) is 7.43. The molecule has 0 amide bonds. The van der Waals surface area contributed by atoms with Crippen LogP contribution in [0.4, 0.5) is 0 Å². The lowest BCUT2D eigenvalue weighted by Crippen LogP contribution is -1.96. The van der Waals surface area contributed by atoms with Gasteiger partial charge in [0.05, 0.1) is 34.2 Å². The average molecular weight is 768 g/mol. The molecule has 0 fully saturated rings. The molecule has 6 aromatic carbocycles. The smallest absolute Gasteiger partial charge is 0.160 e. The standard InChI is InChI=1S/C55H37N5/c1-4-12-38(13-5-1)40-23-27-45(28-24-40)52-36-51(44-16-8-3-9-17-44)59-55(60-52)46-29-25-42(26-30-46)41-19-21-43(22-20-41)47-31-32-50(57-37-47)54-35-48(39-14-6-2-7-15-39)34-53(58-54)49-18-10-11-33-56-49/h1-37H. The van der Waals surface area contributed by atoms with Crippen LogP contribution in [0.3, 0.4) is 0 Å². The second kappa shape index (κ2) is 16.4. The van der Waals surface area contributed by atoms with Gasteiger partial charge in [-0.3, -0.25) is 9.97 Å². The number of hydrogen-bond acceptors (Lipinski definition) is 5. The molecule has 5 heteroatoms. The third kappa shape index (κ3) is 7.76. The van der Waals surface area contributed by atoms with Gasteiger partial charge in [0, 0.05) is 34.6 Å². The van der Waals surface area contributed by atoms with Crippen molar-refractivity contribution < 1.29 is 0 Å². The van der Waals surface area contributed by atoms with E-state index in [1.165, 1.54) is 11.1 Å². The first-order valence-electron chi connectivity index (χ1n) is 20.0. The number of nitrogens with zero attached hydrogens (tertiary/aromatic N) is 5. The van der Waals surface area contributed by atoms with Gasteiger partial charge in [-0.25, -0.2) is 15.0 Å². The highest BCUT2D eigenvalue weighted by molar-refractivity contribution is 5.78. The Bertz CT molecular complexity index is 2950. The Kier molecular flexibility index (Phi) is 9.88. The molecule has 4 heterocycles. The minimum absolute atomic E-state index is 0.686. The zero-order valence-electron chi connectivity index (χ0n) is 32.6. The summed E-state index contributed by atoms with van der Waals surface area (Å²) in [6, 6.07) is 73.1. The second-order valence-electron chi connectivity index (χ2n) is 14.6. The monoisotopic (exact) mass is 767 g/mol. The van der Waals surface area contributed by atoms with Gasteiger partial charge >= 0.3 is 0 Å². The molecule has 0 atom stereocenters. The van der Waals surface area contributed by atoms with Gasteiger partial charge in [-0.1, -0.05) is 176 Å². The normalized spacial score (nSPS) is 11.0. The SMILES string of the molecule is c1ccc(-c2ccc(-c3cc(-c4ccccc4)nc(-c4ccc(-c5ccc(-c6ccc(-c7cc(-c8ccccc8)cc(-c8ccccn8)n7)nc6)cc5)cc4)n3)cc2)cc1. The van der Waals surface area contributed by atoms with Gasteiger partial charge in [0.1, 0.15) is 0 Å². The lowest BCUT2D eigenvalue weighted by atomic mass is 9.99. The number of pyridine rings is 3. The van der Waals surface area contributed by atoms with E-state index in [2.05, 4.69) is 151 Å². The van der Waals surface area contributed by atoms with E-state index in [0.29, 0.717) is 5.82 Å². The highest BCUT2D eigenvalue weighted by Crippen LogP contribution is 2.33. The van der Waals surface area contributed by atoms with Crippen molar-refractivity contribution in [2.24, 2.45) is 0 Å². The fraction of sp³-hybridized carbons (Fsp3) is 0. The third-order valence-electron chi connectivity index (χ3n) is 10.7. The Labute approximate surface area is 349 Å². The molecule has 0 radical (unpaired) electrons. The Hall–Kier alpha value is -8.15. The van der Waals surface area contributed by atoms with E-state index in [1.807, 2.05) is 72.9 Å². The highest BCUT2D eigenvalue weighted by Gasteiger charge is 2.13. The molecule has 10 aromatic rings. The molecule has 0 saturated heterocycles. The quantitative estimate of drug-likeness (QED) is 0.146. The van der Waals surface area contributed by atoms with E-state index >= 15 is 0 Å². The van der Waals surface area contributed by atoms with Crippen LogP contribution >= 0.6 is 0 Å². The molecule has 0 aliphatic rings. The van der Waals surface area contributed by atoms with Gasteiger partial charge in [-0.2, -0.15) is 0 Å². The maximum Gasteiger partial charge on any atom is 0.160 e. The molecular formula is C55H37N5. The van der Waals surface area contributed by atoms with E-state index in [4.69, 9.17) is 19.9 Å². The van der Waals surface area contributed by atoms with Gasteiger partial charge in [-0.15, -0.1) is 0 Å². The number of rotatable bonds is 9. The van der Waals surface area contributed by atoms with Gasteiger partial charge < -0.3 is 0 Å². The zero-order valence-corrected chi connectivity index (χ0v) is 32.6. The van der Waals surface area contributed by atoms with Crippen LogP contribution in [-0.2, 0) is 0 Å². The van der Waals surface area contributed by atoms with Crippen molar-refractivity contribution in [2.75, 3.05) is 0 Å². The second-order valence-corrected chi connectivity index (χ2v) is 14.6. The molecule has 0 N–H and O–H groups in total. The number of aromatic nitrogens is 5. The largest absolute Gasteiger partial charge is 0.255 e. The first-order chi connectivity index (χ1) is 29.7. The first kappa shape index (κ1) is 36.2. The number of benzene rings is 6. The van der Waals surface area contributed by atoms with Crippen LogP contribution in [-0.4, -0.2) is 24.9 Å². The lowest BCUT2D eigenvalue weighted by Gasteiger charge is -2.11. The number of hydrogen-bond donors (Lipinski definition) is 0. The fourth-order valence-electron chi connectivity index (χ4n) is 7.43. The summed E-state index contributed by atoms with van der Waals surface area (Å²) in [6.45, 7) is 0. The maximum atomic E-state index is 5.09. The van der Waals surface area contributed by atoms with Crippen LogP contribution in [0.1, 0.15) is 0 Å². The van der Waals surface area contributed by atoms with Gasteiger partial charge in [0.25, 0.3) is 0 Å². The van der Waals surface area contributed by atoms with E-state index in [1.54, 1.807) is 6.20 Å². The molecule has 60 heavy (non-hydrogen) atoms. The first-order valence-corrected chi connectivity index (χ1v) is 20.0. The Balaban J connectivity index is 0.900. The van der Waals surface area contributed by atoms with Crippen molar-refractivity contribution in [2.45, 2.75) is 0 Å². The van der Waals surface area contributed by atoms with Gasteiger partial charge in [0.2, 0.25) is 0 Å². The highest BCUT2D eigenvalue weighted by atomic mass is 14.9. The summed E-state index contributed by atoms with van der Waals surface area (Å²) in [7, 11) is 0. The molecule has 5 nitrogen and oxygen atoms in total. The van der Waals surface area contributed by atoms with Gasteiger partial charge in [0.15, 0.2) is 5.82 Å². The minimum atomic E-state index is 0.686. The molecule has 4 aromatic heterocycles. The molecule has 0 spiro atoms. The van der Waals surface area contributed by atoms with E-state index in [0.717, 1.165) is 84.2 Å². The van der Waals surface area contributed by atoms with Crippen LogP contribution in [0.25, 0.3) is 101 Å². The van der Waals surface area contributed by atoms with Crippen molar-refractivity contribution in [3.05, 3.63) is 225 Å². The van der Waals surface area contributed by atoms with Crippen molar-refractivity contribution in [1.29, 1.82) is 0 Å². The molecule has 0 saturated carbocycles. The average Bonchev–Trinajstić information content (AvgIpc) is 3.35. The van der Waals surface area contributed by atoms with E-state index in [-0.39, 0.29) is 0 Å². The summed E-state index contributed by atoms with van der Waals surface area (Å²) in [5.74, 6) is 0.686. The third-order valence-corrected chi connectivity index (χ3v) is 10.7. The Morgan fingerprint density at radius 2 is 0.617 bits per heavy atom. The topological polar surface area (TPSA) is 64.5 Å². The maximum absolute atomic E-state index is 5.09. The Morgan fingerprint density at radius 3 is 1.12 bits per heavy atom. The van der Waals surface area contributed by atoms with Crippen molar-refractivity contribution in [3.63, 3.8) is 0 Å². The zero-order chi connectivity index (χ0) is 40.1. The molecule has 282 valence electrons. The van der Waals surface area contributed by atoms with Crippen LogP contribution < -0.4 is 0 Å².